The van der Waals surface area contributed by atoms with Crippen LogP contribution >= 0.6 is 0 Å². The number of benzene rings is 3. The Kier molecular flexibility index (Phi) is 7.05. The molecule has 2 amide bonds. The smallest absolute Gasteiger partial charge is 0.256 e. The lowest BCUT2D eigenvalue weighted by atomic mass is 10.1. The third kappa shape index (κ3) is 5.73. The molecule has 3 aromatic carbocycles. The summed E-state index contributed by atoms with van der Waals surface area (Å²) in [5.41, 5.74) is 5.03. The van der Waals surface area contributed by atoms with Crippen molar-refractivity contribution in [1.29, 1.82) is 0 Å². The van der Waals surface area contributed by atoms with Crippen LogP contribution in [0.15, 0.2) is 97.5 Å². The highest BCUT2D eigenvalue weighted by atomic mass is 16.5. The Hall–Kier alpha value is -5.22. The van der Waals surface area contributed by atoms with E-state index in [0.29, 0.717) is 22.5 Å². The molecule has 0 radical (unpaired) electrons. The summed E-state index contributed by atoms with van der Waals surface area (Å²) in [6.45, 7) is 1.61. The number of pyridine rings is 1. The fourth-order valence-electron chi connectivity index (χ4n) is 4.93. The number of rotatable bonds is 6. The Bertz CT molecular complexity index is 1690. The summed E-state index contributed by atoms with van der Waals surface area (Å²) in [5, 5.41) is 30.2. The number of carbonyl (C=O) groups is 2. The molecule has 206 valence electrons. The zero-order valence-corrected chi connectivity index (χ0v) is 22.1. The van der Waals surface area contributed by atoms with E-state index < -0.39 is 0 Å². The minimum atomic E-state index is -0.281. The van der Waals surface area contributed by atoms with Crippen molar-refractivity contribution in [3.63, 3.8) is 0 Å². The Morgan fingerprint density at radius 2 is 1.37 bits per heavy atom. The second-order valence-electron chi connectivity index (χ2n) is 10.0. The van der Waals surface area contributed by atoms with Gasteiger partial charge in [-0.25, -0.2) is 4.68 Å². The van der Waals surface area contributed by atoms with E-state index in [0.717, 1.165) is 52.9 Å². The number of anilines is 3. The molecule has 1 saturated heterocycles. The van der Waals surface area contributed by atoms with Gasteiger partial charge < -0.3 is 20.6 Å². The van der Waals surface area contributed by atoms with Gasteiger partial charge in [-0.1, -0.05) is 0 Å². The Morgan fingerprint density at radius 3 is 2.05 bits per heavy atom. The number of aliphatic hydroxyl groups is 1. The van der Waals surface area contributed by atoms with E-state index >= 15 is 0 Å². The molecule has 0 unspecified atom stereocenters. The number of aromatic nitrogens is 3. The molecule has 0 atom stereocenters. The highest BCUT2D eigenvalue weighted by Crippen LogP contribution is 2.25. The molecule has 41 heavy (non-hydrogen) atoms. The summed E-state index contributed by atoms with van der Waals surface area (Å²) >= 11 is 0. The van der Waals surface area contributed by atoms with Crippen LogP contribution in [-0.4, -0.2) is 51.1 Å². The van der Waals surface area contributed by atoms with Gasteiger partial charge in [0, 0.05) is 58.0 Å². The number of nitrogens with one attached hydrogen (secondary N) is 2. The maximum Gasteiger partial charge on any atom is 0.256 e. The van der Waals surface area contributed by atoms with Crippen LogP contribution in [0.4, 0.5) is 17.1 Å². The van der Waals surface area contributed by atoms with Crippen LogP contribution in [0.25, 0.3) is 16.6 Å². The van der Waals surface area contributed by atoms with Crippen molar-refractivity contribution in [2.45, 2.75) is 18.9 Å². The minimum absolute atomic E-state index is 0.193. The lowest BCUT2D eigenvalue weighted by Gasteiger charge is -2.31. The molecular weight excluding hydrogens is 520 g/mol. The predicted molar refractivity (Wildman–Crippen MR) is 155 cm³/mol. The van der Waals surface area contributed by atoms with Crippen LogP contribution in [0.3, 0.4) is 0 Å². The second-order valence-corrected chi connectivity index (χ2v) is 10.0. The number of fused-ring (bicyclic) bond motifs is 1. The lowest BCUT2D eigenvalue weighted by Crippen LogP contribution is -2.35. The molecule has 1 aliphatic rings. The third-order valence-electron chi connectivity index (χ3n) is 7.23. The molecule has 10 heteroatoms. The van der Waals surface area contributed by atoms with Crippen LogP contribution < -0.4 is 20.3 Å². The molecule has 1 fully saturated rings. The van der Waals surface area contributed by atoms with Gasteiger partial charge in [0.2, 0.25) is 12.4 Å². The van der Waals surface area contributed by atoms with Crippen molar-refractivity contribution in [3.8, 4) is 5.69 Å². The molecule has 0 spiro atoms. The molecule has 0 bridgehead atoms. The van der Waals surface area contributed by atoms with Gasteiger partial charge in [-0.3, -0.25) is 14.8 Å². The van der Waals surface area contributed by atoms with E-state index in [1.54, 1.807) is 23.0 Å². The third-order valence-corrected chi connectivity index (χ3v) is 7.23. The summed E-state index contributed by atoms with van der Waals surface area (Å²) in [6, 6.07) is 23.5. The normalized spacial score (nSPS) is 13.7. The highest BCUT2D eigenvalue weighted by molar-refractivity contribution is 6.05. The number of nitrogens with zero attached hydrogens (tertiary/aromatic N) is 4. The number of aliphatic hydroxyl groups excluding tert-OH is 1. The largest absolute Gasteiger partial charge is 0.393 e. The first kappa shape index (κ1) is 26.0. The van der Waals surface area contributed by atoms with E-state index in [1.807, 2.05) is 54.6 Å². The van der Waals surface area contributed by atoms with Crippen LogP contribution in [0.2, 0.25) is 0 Å². The number of hydrogen-bond donors (Lipinski definition) is 4. The molecular formula is C31H29N6O4+. The van der Waals surface area contributed by atoms with Gasteiger partial charge in [0.15, 0.2) is 0 Å². The maximum atomic E-state index is 12.9. The zero-order valence-electron chi connectivity index (χ0n) is 22.1. The monoisotopic (exact) mass is 549 g/mol. The van der Waals surface area contributed by atoms with E-state index in [9.17, 15) is 19.9 Å². The Morgan fingerprint density at radius 1 is 0.780 bits per heavy atom. The van der Waals surface area contributed by atoms with Gasteiger partial charge >= 0.3 is 0 Å². The van der Waals surface area contributed by atoms with Gasteiger partial charge in [0.25, 0.3) is 11.8 Å². The topological polar surface area (TPSA) is 124 Å². The first-order valence-electron chi connectivity index (χ1n) is 13.4. The molecule has 4 N–H and O–H groups in total. The molecule has 2 aromatic heterocycles. The van der Waals surface area contributed by atoms with Crippen molar-refractivity contribution < 1.29 is 24.6 Å². The van der Waals surface area contributed by atoms with Gasteiger partial charge in [-0.05, 0) is 79.6 Å². The molecule has 3 heterocycles. The Balaban J connectivity index is 1.11. The molecule has 0 saturated carbocycles. The molecule has 5 aromatic rings. The van der Waals surface area contributed by atoms with Gasteiger partial charge in [-0.15, -0.1) is 0 Å². The van der Waals surface area contributed by atoms with Gasteiger partial charge in [-0.2, -0.15) is 5.10 Å². The van der Waals surface area contributed by atoms with Crippen LogP contribution in [0.5, 0.6) is 0 Å². The first-order chi connectivity index (χ1) is 19.9. The average molecular weight is 550 g/mol. The number of piperidine rings is 1. The quantitative estimate of drug-likeness (QED) is 0.187. The lowest BCUT2D eigenvalue weighted by molar-refractivity contribution is -0.904. The van der Waals surface area contributed by atoms with Crippen molar-refractivity contribution in [2.75, 3.05) is 28.6 Å². The summed E-state index contributed by atoms with van der Waals surface area (Å²) < 4.78 is 2.67. The summed E-state index contributed by atoms with van der Waals surface area (Å²) in [6.07, 6.45) is 5.81. The van der Waals surface area contributed by atoms with E-state index in [1.165, 1.54) is 24.5 Å². The predicted octanol–water partition coefficient (Wildman–Crippen LogP) is 4.02. The van der Waals surface area contributed by atoms with Crippen LogP contribution in [0.1, 0.15) is 33.6 Å². The number of amides is 2. The van der Waals surface area contributed by atoms with E-state index in [2.05, 4.69) is 20.6 Å². The van der Waals surface area contributed by atoms with Crippen LogP contribution in [-0.2, 0) is 0 Å². The maximum absolute atomic E-state index is 12.9. The van der Waals surface area contributed by atoms with E-state index in [-0.39, 0.29) is 17.9 Å². The second kappa shape index (κ2) is 11.1. The van der Waals surface area contributed by atoms with Crippen molar-refractivity contribution in [1.82, 2.24) is 9.78 Å². The fourth-order valence-corrected chi connectivity index (χ4v) is 4.93. The zero-order chi connectivity index (χ0) is 28.3. The summed E-state index contributed by atoms with van der Waals surface area (Å²) in [4.78, 5) is 27.6. The first-order valence-corrected chi connectivity index (χ1v) is 13.4. The molecule has 0 aliphatic carbocycles. The van der Waals surface area contributed by atoms with Gasteiger partial charge in [0.1, 0.15) is 0 Å². The van der Waals surface area contributed by atoms with Crippen molar-refractivity contribution in [3.05, 3.63) is 109 Å². The molecule has 10 nitrogen and oxygen atoms in total. The summed E-state index contributed by atoms with van der Waals surface area (Å²) in [7, 11) is 0. The number of carbonyl (C=O) groups excluding carboxylic acids is 2. The van der Waals surface area contributed by atoms with Crippen molar-refractivity contribution in [2.24, 2.45) is 0 Å². The summed E-state index contributed by atoms with van der Waals surface area (Å²) in [5.74, 6) is -0.475. The van der Waals surface area contributed by atoms with E-state index in [4.69, 9.17) is 0 Å². The molecule has 1 aliphatic heterocycles. The highest BCUT2D eigenvalue weighted by Gasteiger charge is 2.18. The van der Waals surface area contributed by atoms with Crippen molar-refractivity contribution >= 4 is 39.8 Å². The van der Waals surface area contributed by atoms with Crippen LogP contribution in [0, 0.1) is 0 Å². The standard InChI is InChI=1S/C31H28N6O4/c38-28-13-15-35(16-14-28)26-6-1-21(2-7-26)30(39)34-25-5-10-29-23(19-25)20-32-37(29)27-8-3-24(4-9-27)33-31(40)22-11-17-36(41)18-12-22/h1-12,17-20,28,38H,13-16H2,(H2-,33,34,39,40,41)/p+1. The fraction of sp³-hybridized carbons (Fsp3) is 0.161. The van der Waals surface area contributed by atoms with Gasteiger partial charge in [0.05, 0.1) is 29.1 Å². The number of hydrogen-bond acceptors (Lipinski definition) is 6. The molecule has 6 rings (SSSR count). The SMILES string of the molecule is O=C(Nc1ccc(-n2ncc3cc(NC(=O)c4ccc(N5CCC(O)CC5)cc4)ccc32)cc1)c1cc[n+](O)cc1. The minimum Gasteiger partial charge on any atom is -0.393 e. The Labute approximate surface area is 236 Å². The average Bonchev–Trinajstić information content (AvgIpc) is 3.42.